The molecule has 0 amide bonds. The molecule has 4 heteroatoms. The Morgan fingerprint density at radius 2 is 1.60 bits per heavy atom. The highest BCUT2D eigenvalue weighted by Crippen LogP contribution is 2.64. The minimum absolute atomic E-state index is 0.0669. The van der Waals surface area contributed by atoms with Crippen LogP contribution in [0.3, 0.4) is 0 Å². The molecule has 3 rings (SSSR count). The summed E-state index contributed by atoms with van der Waals surface area (Å²) in [6, 6.07) is 11.0. The van der Waals surface area contributed by atoms with Gasteiger partial charge in [-0.25, -0.2) is 4.74 Å². The Kier molecular flexibility index (Phi) is 5.18. The third-order valence-electron chi connectivity index (χ3n) is 5.20. The maximum absolute atomic E-state index is 5.52. The van der Waals surface area contributed by atoms with Crippen LogP contribution in [-0.4, -0.2) is 27.9 Å². The first kappa shape index (κ1) is 18.4. The number of rotatable bonds is 3. The van der Waals surface area contributed by atoms with Crippen molar-refractivity contribution in [2.75, 3.05) is 13.1 Å². The molecule has 2 aromatic rings. The third kappa shape index (κ3) is 3.45. The zero-order valence-electron chi connectivity index (χ0n) is 16.2. The Morgan fingerprint density at radius 1 is 0.960 bits per heavy atom. The largest absolute Gasteiger partial charge is 0.265 e. The van der Waals surface area contributed by atoms with Crippen molar-refractivity contribution in [2.24, 2.45) is 4.74 Å². The standard InChI is InChI=1S/C21H30N3P/c1-17-8-9-19(16-18(17)2)23-25(21(3,4)5,24-14-6-7-15-24)20-10-12-22-13-11-20/h8-13,16H,6-7,14-15H2,1-5H3/t25-/m0/s1. The van der Waals surface area contributed by atoms with Gasteiger partial charge >= 0.3 is 0 Å². The SMILES string of the molecule is Cc1ccc(N=[P@@](c2ccncc2)(N2CCCC2)C(C)(C)C)cc1C. The summed E-state index contributed by atoms with van der Waals surface area (Å²) in [5.41, 5.74) is 3.74. The van der Waals surface area contributed by atoms with Crippen molar-refractivity contribution >= 4 is 18.2 Å². The molecule has 134 valence electrons. The normalized spacial score (nSPS) is 18.1. The molecule has 1 fully saturated rings. The predicted molar refractivity (Wildman–Crippen MR) is 109 cm³/mol. The lowest BCUT2D eigenvalue weighted by Gasteiger charge is -2.44. The second-order valence-electron chi connectivity index (χ2n) is 8.01. The smallest absolute Gasteiger partial charge is 0.0720 e. The van der Waals surface area contributed by atoms with Gasteiger partial charge in [0.15, 0.2) is 0 Å². The van der Waals surface area contributed by atoms with Gasteiger partial charge in [0.25, 0.3) is 0 Å². The zero-order valence-corrected chi connectivity index (χ0v) is 17.1. The summed E-state index contributed by atoms with van der Waals surface area (Å²) in [5, 5.41) is 1.41. The van der Waals surface area contributed by atoms with Gasteiger partial charge < -0.3 is 0 Å². The molecular weight excluding hydrogens is 325 g/mol. The van der Waals surface area contributed by atoms with Gasteiger partial charge in [-0.15, -0.1) is 0 Å². The number of hydrogen-bond donors (Lipinski definition) is 0. The van der Waals surface area contributed by atoms with E-state index in [9.17, 15) is 0 Å². The molecule has 0 unspecified atom stereocenters. The predicted octanol–water partition coefficient (Wildman–Crippen LogP) is 5.67. The van der Waals surface area contributed by atoms with Gasteiger partial charge in [0.2, 0.25) is 0 Å². The van der Waals surface area contributed by atoms with Crippen LogP contribution in [0.2, 0.25) is 0 Å². The number of pyridine rings is 1. The number of hydrogen-bond acceptors (Lipinski definition) is 2. The van der Waals surface area contributed by atoms with Gasteiger partial charge in [-0.05, 0) is 62.1 Å². The Bertz CT molecular complexity index is 785. The van der Waals surface area contributed by atoms with Crippen LogP contribution in [-0.2, 0) is 0 Å². The Morgan fingerprint density at radius 3 is 2.16 bits per heavy atom. The van der Waals surface area contributed by atoms with Gasteiger partial charge in [0.1, 0.15) is 0 Å². The minimum Gasteiger partial charge on any atom is -0.265 e. The second-order valence-corrected chi connectivity index (χ2v) is 11.8. The van der Waals surface area contributed by atoms with E-state index < -0.39 is 7.21 Å². The van der Waals surface area contributed by atoms with Crippen LogP contribution in [0.1, 0.15) is 44.7 Å². The number of aryl methyl sites for hydroxylation is 2. The van der Waals surface area contributed by atoms with Gasteiger partial charge in [0, 0.05) is 35.9 Å². The van der Waals surface area contributed by atoms with Crippen LogP contribution < -0.4 is 5.30 Å². The van der Waals surface area contributed by atoms with Crippen LogP contribution in [0.25, 0.3) is 0 Å². The van der Waals surface area contributed by atoms with Crippen molar-refractivity contribution in [1.82, 2.24) is 9.65 Å². The van der Waals surface area contributed by atoms with Crippen LogP contribution in [0.15, 0.2) is 47.5 Å². The second kappa shape index (κ2) is 7.05. The Hall–Kier alpha value is -1.44. The van der Waals surface area contributed by atoms with Crippen LogP contribution in [0.4, 0.5) is 5.69 Å². The van der Waals surface area contributed by atoms with Crippen molar-refractivity contribution in [3.8, 4) is 0 Å². The molecule has 1 atom stereocenters. The lowest BCUT2D eigenvalue weighted by atomic mass is 10.1. The lowest BCUT2D eigenvalue weighted by molar-refractivity contribution is 0.538. The number of nitrogens with zero attached hydrogens (tertiary/aromatic N) is 3. The van der Waals surface area contributed by atoms with E-state index in [1.54, 1.807) is 0 Å². The summed E-state index contributed by atoms with van der Waals surface area (Å²) in [7, 11) is -1.92. The first-order valence-corrected chi connectivity index (χ1v) is 10.9. The van der Waals surface area contributed by atoms with E-state index >= 15 is 0 Å². The molecular formula is C21H30N3P. The van der Waals surface area contributed by atoms with E-state index in [0.29, 0.717) is 0 Å². The van der Waals surface area contributed by atoms with E-state index in [-0.39, 0.29) is 5.16 Å². The topological polar surface area (TPSA) is 28.5 Å². The summed E-state index contributed by atoms with van der Waals surface area (Å²) in [6.07, 6.45) is 6.38. The molecule has 1 aromatic heterocycles. The fraction of sp³-hybridized carbons (Fsp3) is 0.476. The molecule has 1 saturated heterocycles. The zero-order chi connectivity index (χ0) is 18.1. The van der Waals surface area contributed by atoms with Gasteiger partial charge in [0.05, 0.1) is 12.9 Å². The summed E-state index contributed by atoms with van der Waals surface area (Å²) in [5.74, 6) is 0. The van der Waals surface area contributed by atoms with Crippen LogP contribution >= 0.6 is 7.21 Å². The summed E-state index contributed by atoms with van der Waals surface area (Å²) in [6.45, 7) is 13.7. The highest BCUT2D eigenvalue weighted by molar-refractivity contribution is 7.73. The monoisotopic (exact) mass is 355 g/mol. The highest BCUT2D eigenvalue weighted by atomic mass is 31.2. The summed E-state index contributed by atoms with van der Waals surface area (Å²) < 4.78 is 8.20. The van der Waals surface area contributed by atoms with E-state index in [2.05, 4.69) is 74.6 Å². The average molecular weight is 355 g/mol. The van der Waals surface area contributed by atoms with Crippen molar-refractivity contribution < 1.29 is 0 Å². The van der Waals surface area contributed by atoms with Gasteiger partial charge in [-0.1, -0.05) is 26.8 Å². The minimum atomic E-state index is -1.92. The first-order chi connectivity index (χ1) is 11.8. The molecule has 0 N–H and O–H groups in total. The van der Waals surface area contributed by atoms with Gasteiger partial charge in [-0.2, -0.15) is 0 Å². The van der Waals surface area contributed by atoms with E-state index in [1.807, 2.05) is 12.4 Å². The molecule has 1 aromatic carbocycles. The maximum atomic E-state index is 5.52. The molecule has 0 aliphatic carbocycles. The molecule has 1 aliphatic rings. The fourth-order valence-corrected chi connectivity index (χ4v) is 8.10. The van der Waals surface area contributed by atoms with Crippen LogP contribution in [0, 0.1) is 13.8 Å². The van der Waals surface area contributed by atoms with Crippen molar-refractivity contribution in [3.05, 3.63) is 53.9 Å². The first-order valence-electron chi connectivity index (χ1n) is 9.20. The summed E-state index contributed by atoms with van der Waals surface area (Å²) >= 11 is 0. The fourth-order valence-electron chi connectivity index (χ4n) is 3.74. The molecule has 1 aliphatic heterocycles. The molecule has 0 spiro atoms. The molecule has 0 bridgehead atoms. The van der Waals surface area contributed by atoms with Crippen molar-refractivity contribution in [1.29, 1.82) is 0 Å². The maximum Gasteiger partial charge on any atom is 0.0720 e. The quantitative estimate of drug-likeness (QED) is 0.664. The summed E-state index contributed by atoms with van der Waals surface area (Å²) in [4.78, 5) is 4.26. The average Bonchev–Trinajstić information content (AvgIpc) is 3.10. The Labute approximate surface area is 152 Å². The molecule has 2 heterocycles. The third-order valence-corrected chi connectivity index (χ3v) is 9.83. The van der Waals surface area contributed by atoms with Gasteiger partial charge in [-0.3, -0.25) is 9.65 Å². The van der Waals surface area contributed by atoms with E-state index in [4.69, 9.17) is 4.74 Å². The molecule has 0 radical (unpaired) electrons. The van der Waals surface area contributed by atoms with Crippen molar-refractivity contribution in [3.63, 3.8) is 0 Å². The van der Waals surface area contributed by atoms with E-state index in [0.717, 1.165) is 18.8 Å². The molecule has 0 saturated carbocycles. The Balaban J connectivity index is 2.30. The van der Waals surface area contributed by atoms with Crippen LogP contribution in [0.5, 0.6) is 0 Å². The lowest BCUT2D eigenvalue weighted by Crippen LogP contribution is -2.35. The van der Waals surface area contributed by atoms with E-state index in [1.165, 1.54) is 29.3 Å². The van der Waals surface area contributed by atoms with Crippen molar-refractivity contribution in [2.45, 2.75) is 52.6 Å². The number of aromatic nitrogens is 1. The highest BCUT2D eigenvalue weighted by Gasteiger charge is 2.42. The molecule has 25 heavy (non-hydrogen) atoms. The molecule has 3 nitrogen and oxygen atoms in total. The number of benzene rings is 1.